The highest BCUT2D eigenvalue weighted by Gasteiger charge is 2.26. The van der Waals surface area contributed by atoms with Crippen LogP contribution >= 0.6 is 0 Å². The minimum absolute atomic E-state index is 0.0110. The molecule has 1 fully saturated rings. The lowest BCUT2D eigenvalue weighted by Gasteiger charge is -2.34. The molecule has 2 atom stereocenters. The molecule has 3 aliphatic heterocycles. The average molecular weight is 568 g/mol. The van der Waals surface area contributed by atoms with Gasteiger partial charge < -0.3 is 25.2 Å². The Labute approximate surface area is 250 Å². The molecule has 222 valence electrons. The summed E-state index contributed by atoms with van der Waals surface area (Å²) in [5.74, 6) is 0.797. The predicted octanol–water partition coefficient (Wildman–Crippen LogP) is 5.53. The molecular weight excluding hydrogens is 522 g/mol. The Morgan fingerprint density at radius 3 is 2.67 bits per heavy atom. The number of anilines is 2. The van der Waals surface area contributed by atoms with Crippen molar-refractivity contribution in [3.63, 3.8) is 0 Å². The first-order chi connectivity index (χ1) is 20.6. The lowest BCUT2D eigenvalue weighted by atomic mass is 9.91. The molecule has 2 aromatic rings. The first-order valence-corrected chi connectivity index (χ1v) is 15.8. The summed E-state index contributed by atoms with van der Waals surface area (Å²) in [7, 11) is 0. The molecule has 7 heteroatoms. The van der Waals surface area contributed by atoms with E-state index in [1.165, 1.54) is 25.0 Å². The Morgan fingerprint density at radius 2 is 1.83 bits per heavy atom. The number of benzene rings is 2. The number of piperazine rings is 1. The molecule has 3 heterocycles. The molecule has 0 bridgehead atoms. The third-order valence-electron chi connectivity index (χ3n) is 9.00. The fourth-order valence-corrected chi connectivity index (χ4v) is 6.39. The van der Waals surface area contributed by atoms with Crippen molar-refractivity contribution in [1.82, 2.24) is 15.1 Å². The lowest BCUT2D eigenvalue weighted by Crippen LogP contribution is -2.47. The van der Waals surface area contributed by atoms with E-state index in [-0.39, 0.29) is 5.91 Å². The first-order valence-electron chi connectivity index (χ1n) is 15.8. The summed E-state index contributed by atoms with van der Waals surface area (Å²) in [5, 5.41) is 6.98. The van der Waals surface area contributed by atoms with Gasteiger partial charge in [-0.2, -0.15) is 0 Å². The lowest BCUT2D eigenvalue weighted by molar-refractivity contribution is 0.0986. The van der Waals surface area contributed by atoms with Crippen LogP contribution in [0.2, 0.25) is 0 Å². The number of allylic oxidation sites excluding steroid dienone is 2. The molecule has 0 saturated carbocycles. The van der Waals surface area contributed by atoms with E-state index < -0.39 is 0 Å². The molecule has 0 spiro atoms. The van der Waals surface area contributed by atoms with Crippen molar-refractivity contribution in [2.45, 2.75) is 51.6 Å². The maximum absolute atomic E-state index is 14.0. The zero-order valence-corrected chi connectivity index (χ0v) is 25.1. The van der Waals surface area contributed by atoms with Gasteiger partial charge >= 0.3 is 0 Å². The fourth-order valence-electron chi connectivity index (χ4n) is 6.39. The normalized spacial score (nSPS) is 22.3. The number of nitrogens with one attached hydrogen (secondary N) is 2. The van der Waals surface area contributed by atoms with Crippen LogP contribution in [0.1, 0.15) is 55.5 Å². The number of amides is 1. The second-order valence-corrected chi connectivity index (χ2v) is 12.0. The molecule has 1 aliphatic carbocycles. The number of para-hydroxylation sites is 2. The van der Waals surface area contributed by atoms with Crippen LogP contribution in [0.25, 0.3) is 5.57 Å². The molecule has 2 aromatic carbocycles. The number of carbonyl (C=O) groups excluding carboxylic acids is 1. The summed E-state index contributed by atoms with van der Waals surface area (Å²) in [6, 6.07) is 14.8. The molecule has 4 aliphatic rings. The van der Waals surface area contributed by atoms with Gasteiger partial charge in [-0.05, 0) is 92.6 Å². The van der Waals surface area contributed by atoms with Gasteiger partial charge in [0, 0.05) is 56.4 Å². The van der Waals surface area contributed by atoms with Crippen LogP contribution < -0.4 is 20.3 Å². The number of fused-ring (bicyclic) bond motifs is 2. The van der Waals surface area contributed by atoms with Crippen molar-refractivity contribution in [1.29, 1.82) is 0 Å². The second-order valence-electron chi connectivity index (χ2n) is 12.0. The highest BCUT2D eigenvalue weighted by molar-refractivity contribution is 6.08. The van der Waals surface area contributed by atoms with Crippen molar-refractivity contribution in [2.24, 2.45) is 0 Å². The van der Waals surface area contributed by atoms with Gasteiger partial charge in [-0.25, -0.2) is 0 Å². The van der Waals surface area contributed by atoms with Crippen molar-refractivity contribution >= 4 is 22.9 Å². The van der Waals surface area contributed by atoms with Crippen LogP contribution in [-0.2, 0) is 0 Å². The molecular formula is C35H45N5O2. The number of unbranched alkanes of at least 4 members (excludes halogenated alkanes) is 1. The summed E-state index contributed by atoms with van der Waals surface area (Å²) in [4.78, 5) is 21.0. The van der Waals surface area contributed by atoms with Crippen LogP contribution in [0.3, 0.4) is 0 Å². The van der Waals surface area contributed by atoms with Crippen molar-refractivity contribution in [3.8, 4) is 5.75 Å². The van der Waals surface area contributed by atoms with Crippen LogP contribution in [-0.4, -0.2) is 80.2 Å². The molecule has 7 nitrogen and oxygen atoms in total. The topological polar surface area (TPSA) is 60.1 Å². The largest absolute Gasteiger partial charge is 0.492 e. The number of carbonyl (C=O) groups is 1. The number of rotatable bonds is 9. The summed E-state index contributed by atoms with van der Waals surface area (Å²) in [5.41, 5.74) is 6.10. The van der Waals surface area contributed by atoms with E-state index in [0.717, 1.165) is 73.8 Å². The van der Waals surface area contributed by atoms with Crippen LogP contribution in [0, 0.1) is 0 Å². The van der Waals surface area contributed by atoms with Gasteiger partial charge in [-0.15, -0.1) is 0 Å². The fraction of sp³-hybridized carbons (Fsp3) is 0.457. The Balaban J connectivity index is 1.21. The zero-order chi connectivity index (χ0) is 28.9. The molecule has 1 saturated heterocycles. The summed E-state index contributed by atoms with van der Waals surface area (Å²) < 4.78 is 6.54. The Kier molecular flexibility index (Phi) is 8.96. The van der Waals surface area contributed by atoms with E-state index in [0.29, 0.717) is 30.8 Å². The molecule has 2 N–H and O–H groups in total. The van der Waals surface area contributed by atoms with Crippen molar-refractivity contribution in [2.75, 3.05) is 62.6 Å². The first kappa shape index (κ1) is 28.6. The maximum atomic E-state index is 14.0. The van der Waals surface area contributed by atoms with Gasteiger partial charge in [-0.3, -0.25) is 9.69 Å². The van der Waals surface area contributed by atoms with Crippen LogP contribution in [0.4, 0.5) is 11.4 Å². The van der Waals surface area contributed by atoms with Gasteiger partial charge in [0.2, 0.25) is 0 Å². The highest BCUT2D eigenvalue weighted by atomic mass is 16.5. The van der Waals surface area contributed by atoms with E-state index in [1.54, 1.807) is 0 Å². The minimum Gasteiger partial charge on any atom is -0.492 e. The summed E-state index contributed by atoms with van der Waals surface area (Å²) >= 11 is 0. The van der Waals surface area contributed by atoms with Crippen LogP contribution in [0.15, 0.2) is 72.5 Å². The number of ether oxygens (including phenoxy) is 1. The van der Waals surface area contributed by atoms with E-state index in [9.17, 15) is 4.79 Å². The summed E-state index contributed by atoms with van der Waals surface area (Å²) in [6.45, 7) is 12.2. The monoisotopic (exact) mass is 567 g/mol. The van der Waals surface area contributed by atoms with E-state index in [2.05, 4.69) is 64.6 Å². The smallest absolute Gasteiger partial charge is 0.258 e. The summed E-state index contributed by atoms with van der Waals surface area (Å²) in [6.07, 6.45) is 13.1. The number of nitrogens with zero attached hydrogens (tertiary/aromatic N) is 3. The highest BCUT2D eigenvalue weighted by Crippen LogP contribution is 2.36. The average Bonchev–Trinajstić information content (AvgIpc) is 3.42. The SMILES string of the molecule is CCCCN1CCN(CCOc2cc(C(=O)N3CC[C@H](C)Nc4ccccc43)ccc2C2=CCC3NC=CC3=C2)CC1. The van der Waals surface area contributed by atoms with E-state index in [1.807, 2.05) is 41.4 Å². The molecule has 0 radical (unpaired) electrons. The van der Waals surface area contributed by atoms with Gasteiger partial charge in [-0.1, -0.05) is 31.6 Å². The van der Waals surface area contributed by atoms with Gasteiger partial charge in [0.15, 0.2) is 0 Å². The number of hydrogen-bond donors (Lipinski definition) is 2. The predicted molar refractivity (Wildman–Crippen MR) is 172 cm³/mol. The third kappa shape index (κ3) is 6.42. The number of hydrogen-bond acceptors (Lipinski definition) is 6. The van der Waals surface area contributed by atoms with Gasteiger partial charge in [0.05, 0.1) is 17.4 Å². The Hall–Kier alpha value is -3.55. The second kappa shape index (κ2) is 13.2. The van der Waals surface area contributed by atoms with Crippen LogP contribution in [0.5, 0.6) is 5.75 Å². The zero-order valence-electron chi connectivity index (χ0n) is 25.1. The standard InChI is InChI=1S/C35H45N5O2/c1-3-4-16-38-18-20-39(21-19-38)22-23-42-34-25-29(9-11-30(34)27-10-12-31-28(24-27)13-15-36-31)35(41)40-17-14-26(2)37-32-7-5-6-8-33(32)40/h5-11,13,15,24-26,31,36-37H,3-4,12,14,16-23H2,1-2H3/t26-,31?/m0/s1. The van der Waals surface area contributed by atoms with Gasteiger partial charge in [0.1, 0.15) is 12.4 Å². The molecule has 6 rings (SSSR count). The molecule has 1 unspecified atom stereocenters. The van der Waals surface area contributed by atoms with Gasteiger partial charge in [0.25, 0.3) is 5.91 Å². The molecule has 0 aromatic heterocycles. The maximum Gasteiger partial charge on any atom is 0.258 e. The quantitative estimate of drug-likeness (QED) is 0.416. The Bertz CT molecular complexity index is 1360. The van der Waals surface area contributed by atoms with Crippen molar-refractivity contribution in [3.05, 3.63) is 83.6 Å². The van der Waals surface area contributed by atoms with Crippen molar-refractivity contribution < 1.29 is 9.53 Å². The minimum atomic E-state index is 0.0110. The molecule has 42 heavy (non-hydrogen) atoms. The van der Waals surface area contributed by atoms with E-state index >= 15 is 0 Å². The molecule has 1 amide bonds. The Morgan fingerprint density at radius 1 is 1.02 bits per heavy atom. The van der Waals surface area contributed by atoms with E-state index in [4.69, 9.17) is 4.74 Å². The third-order valence-corrected chi connectivity index (χ3v) is 9.00.